The minimum atomic E-state index is -0.532. The summed E-state index contributed by atoms with van der Waals surface area (Å²) in [7, 11) is 0. The molecular formula is C29H28ClN5O3. The molecule has 1 atom stereocenters. The Morgan fingerprint density at radius 3 is 2.68 bits per heavy atom. The number of ether oxygens (including phenoxy) is 2. The second-order valence-electron chi connectivity index (χ2n) is 8.94. The predicted octanol–water partition coefficient (Wildman–Crippen LogP) is 6.15. The molecule has 5 rings (SSSR count). The zero-order valence-electron chi connectivity index (χ0n) is 21.4. The molecule has 194 valence electrons. The number of amides is 1. The highest BCUT2D eigenvalue weighted by Crippen LogP contribution is 2.39. The minimum absolute atomic E-state index is 0.233. The molecule has 4 aromatic rings. The molecule has 9 heteroatoms. The summed E-state index contributed by atoms with van der Waals surface area (Å²) in [6.45, 7) is 6.50. The van der Waals surface area contributed by atoms with Crippen molar-refractivity contribution in [1.82, 2.24) is 14.8 Å². The van der Waals surface area contributed by atoms with Gasteiger partial charge in [-0.25, -0.2) is 4.68 Å². The zero-order valence-corrected chi connectivity index (χ0v) is 22.1. The fraction of sp³-hybridized carbons (Fsp3) is 0.207. The molecular weight excluding hydrogens is 502 g/mol. The van der Waals surface area contributed by atoms with Crippen LogP contribution in [0.1, 0.15) is 36.6 Å². The lowest BCUT2D eigenvalue weighted by molar-refractivity contribution is -0.113. The van der Waals surface area contributed by atoms with E-state index in [1.807, 2.05) is 87.5 Å². The highest BCUT2D eigenvalue weighted by Gasteiger charge is 2.34. The Morgan fingerprint density at radius 2 is 1.89 bits per heavy atom. The van der Waals surface area contributed by atoms with Crippen molar-refractivity contribution in [3.8, 4) is 11.5 Å². The molecule has 0 saturated heterocycles. The second-order valence-corrected chi connectivity index (χ2v) is 9.34. The standard InChI is InChI=1S/C29H28ClN5O3/c1-4-37-25-15-20(12-13-24(25)38-16-21-9-5-6-11-23(21)30)27-26(19(3)33-29-31-17-32-35(27)29)28(36)34-22-10-7-8-18(2)14-22/h5-15,17,27H,4,16H2,1-3H3,(H,34,36)(H,31,32,33). The van der Waals surface area contributed by atoms with Crippen molar-refractivity contribution in [1.29, 1.82) is 0 Å². The number of aromatic nitrogens is 3. The van der Waals surface area contributed by atoms with Crippen molar-refractivity contribution in [2.45, 2.75) is 33.4 Å². The van der Waals surface area contributed by atoms with E-state index in [-0.39, 0.29) is 5.91 Å². The topological polar surface area (TPSA) is 90.3 Å². The Balaban J connectivity index is 1.50. The van der Waals surface area contributed by atoms with Crippen LogP contribution in [0.25, 0.3) is 0 Å². The molecule has 38 heavy (non-hydrogen) atoms. The number of fused-ring (bicyclic) bond motifs is 1. The van der Waals surface area contributed by atoms with Gasteiger partial charge >= 0.3 is 0 Å². The number of aryl methyl sites for hydroxylation is 1. The smallest absolute Gasteiger partial charge is 0.255 e. The van der Waals surface area contributed by atoms with Crippen LogP contribution in [0.5, 0.6) is 11.5 Å². The molecule has 0 bridgehead atoms. The van der Waals surface area contributed by atoms with Crippen molar-refractivity contribution in [2.75, 3.05) is 17.2 Å². The van der Waals surface area contributed by atoms with Gasteiger partial charge in [0.1, 0.15) is 19.0 Å². The Bertz CT molecular complexity index is 1510. The fourth-order valence-corrected chi connectivity index (χ4v) is 4.66. The van der Waals surface area contributed by atoms with Crippen molar-refractivity contribution >= 4 is 29.1 Å². The fourth-order valence-electron chi connectivity index (χ4n) is 4.47. The van der Waals surface area contributed by atoms with Crippen LogP contribution in [-0.4, -0.2) is 27.3 Å². The molecule has 1 unspecified atom stereocenters. The number of anilines is 2. The summed E-state index contributed by atoms with van der Waals surface area (Å²) in [6, 6.07) is 20.4. The number of nitrogens with zero attached hydrogens (tertiary/aromatic N) is 3. The lowest BCUT2D eigenvalue weighted by Gasteiger charge is -2.29. The van der Waals surface area contributed by atoms with Crippen molar-refractivity contribution in [3.05, 3.63) is 106 Å². The number of allylic oxidation sites excluding steroid dienone is 1. The SMILES string of the molecule is CCOc1cc(C2C(C(=O)Nc3cccc(C)c3)=C(C)Nc3ncnn32)ccc1OCc1ccccc1Cl. The first kappa shape index (κ1) is 25.4. The third kappa shape index (κ3) is 5.21. The molecule has 1 amide bonds. The van der Waals surface area contributed by atoms with E-state index in [2.05, 4.69) is 20.7 Å². The number of carbonyl (C=O) groups is 1. The van der Waals surface area contributed by atoms with Gasteiger partial charge in [0.25, 0.3) is 5.91 Å². The summed E-state index contributed by atoms with van der Waals surface area (Å²) in [4.78, 5) is 18.0. The lowest BCUT2D eigenvalue weighted by atomic mass is 9.94. The number of benzene rings is 3. The van der Waals surface area contributed by atoms with Gasteiger partial charge in [-0.3, -0.25) is 4.79 Å². The molecule has 0 fully saturated rings. The summed E-state index contributed by atoms with van der Waals surface area (Å²) in [5.41, 5.74) is 4.67. The van der Waals surface area contributed by atoms with Crippen molar-refractivity contribution < 1.29 is 14.3 Å². The van der Waals surface area contributed by atoms with Crippen molar-refractivity contribution in [2.24, 2.45) is 0 Å². The quantitative estimate of drug-likeness (QED) is 0.285. The molecule has 0 spiro atoms. The second kappa shape index (κ2) is 11.0. The van der Waals surface area contributed by atoms with E-state index in [4.69, 9.17) is 21.1 Å². The molecule has 1 aliphatic heterocycles. The summed E-state index contributed by atoms with van der Waals surface area (Å²) in [5.74, 6) is 1.46. The number of hydrogen-bond donors (Lipinski definition) is 2. The molecule has 1 aliphatic rings. The van der Waals surface area contributed by atoms with Crippen LogP contribution in [0.4, 0.5) is 11.6 Å². The first-order chi connectivity index (χ1) is 18.4. The van der Waals surface area contributed by atoms with Crippen LogP contribution in [0.15, 0.2) is 84.3 Å². The third-order valence-corrected chi connectivity index (χ3v) is 6.61. The van der Waals surface area contributed by atoms with E-state index in [9.17, 15) is 4.79 Å². The Hall–Kier alpha value is -4.30. The molecule has 2 heterocycles. The maximum atomic E-state index is 13.6. The van der Waals surface area contributed by atoms with E-state index >= 15 is 0 Å². The van der Waals surface area contributed by atoms with Gasteiger partial charge < -0.3 is 20.1 Å². The Kier molecular flexibility index (Phi) is 7.33. The highest BCUT2D eigenvalue weighted by atomic mass is 35.5. The van der Waals surface area contributed by atoms with E-state index < -0.39 is 6.04 Å². The van der Waals surface area contributed by atoms with Gasteiger partial charge in [0.15, 0.2) is 11.5 Å². The van der Waals surface area contributed by atoms with Crippen molar-refractivity contribution in [3.63, 3.8) is 0 Å². The van der Waals surface area contributed by atoms with Gasteiger partial charge in [-0.05, 0) is 62.2 Å². The predicted molar refractivity (Wildman–Crippen MR) is 148 cm³/mol. The molecule has 8 nitrogen and oxygen atoms in total. The van der Waals surface area contributed by atoms with Crippen LogP contribution >= 0.6 is 11.6 Å². The number of rotatable bonds is 8. The zero-order chi connectivity index (χ0) is 26.6. The molecule has 2 N–H and O–H groups in total. The summed E-state index contributed by atoms with van der Waals surface area (Å²) < 4.78 is 13.7. The number of halogens is 1. The largest absolute Gasteiger partial charge is 0.490 e. The maximum Gasteiger partial charge on any atom is 0.255 e. The van der Waals surface area contributed by atoms with Gasteiger partial charge in [0, 0.05) is 22.0 Å². The Labute approximate surface area is 226 Å². The highest BCUT2D eigenvalue weighted by molar-refractivity contribution is 6.31. The van der Waals surface area contributed by atoms with E-state index in [0.29, 0.717) is 47.0 Å². The Morgan fingerprint density at radius 1 is 1.05 bits per heavy atom. The first-order valence-corrected chi connectivity index (χ1v) is 12.7. The molecule has 0 radical (unpaired) electrons. The van der Waals surface area contributed by atoms with Gasteiger partial charge in [0.2, 0.25) is 5.95 Å². The van der Waals surface area contributed by atoms with Crippen LogP contribution in [0, 0.1) is 6.92 Å². The maximum absolute atomic E-state index is 13.6. The first-order valence-electron chi connectivity index (χ1n) is 12.3. The number of carbonyl (C=O) groups excluding carboxylic acids is 1. The van der Waals surface area contributed by atoms with Crippen LogP contribution in [-0.2, 0) is 11.4 Å². The molecule has 0 aliphatic carbocycles. The van der Waals surface area contributed by atoms with Gasteiger partial charge in [0.05, 0.1) is 12.2 Å². The summed E-state index contributed by atoms with van der Waals surface area (Å²) in [5, 5.41) is 11.3. The van der Waals surface area contributed by atoms with Crippen LogP contribution in [0.2, 0.25) is 5.02 Å². The average Bonchev–Trinajstić information content (AvgIpc) is 3.36. The molecule has 1 aromatic heterocycles. The molecule has 0 saturated carbocycles. The van der Waals surface area contributed by atoms with Gasteiger partial charge in [-0.15, -0.1) is 0 Å². The monoisotopic (exact) mass is 529 g/mol. The van der Waals surface area contributed by atoms with E-state index in [1.165, 1.54) is 6.33 Å². The summed E-state index contributed by atoms with van der Waals surface area (Å²) in [6.07, 6.45) is 1.47. The summed E-state index contributed by atoms with van der Waals surface area (Å²) >= 11 is 6.31. The van der Waals surface area contributed by atoms with E-state index in [1.54, 1.807) is 4.68 Å². The van der Waals surface area contributed by atoms with Crippen LogP contribution < -0.4 is 20.1 Å². The number of nitrogens with one attached hydrogen (secondary N) is 2. The van der Waals surface area contributed by atoms with Crippen LogP contribution in [0.3, 0.4) is 0 Å². The van der Waals surface area contributed by atoms with Gasteiger partial charge in [-0.2, -0.15) is 10.1 Å². The third-order valence-electron chi connectivity index (χ3n) is 6.24. The number of hydrogen-bond acceptors (Lipinski definition) is 6. The van der Waals surface area contributed by atoms with Gasteiger partial charge in [-0.1, -0.05) is 48.0 Å². The average molecular weight is 530 g/mol. The lowest BCUT2D eigenvalue weighted by Crippen LogP contribution is -2.31. The normalized spacial score (nSPS) is 14.5. The molecule has 3 aromatic carbocycles. The minimum Gasteiger partial charge on any atom is -0.490 e. The van der Waals surface area contributed by atoms with E-state index in [0.717, 1.165) is 22.4 Å².